The van der Waals surface area contributed by atoms with E-state index in [2.05, 4.69) is 19.2 Å². The van der Waals surface area contributed by atoms with Gasteiger partial charge in [-0.15, -0.1) is 0 Å². The van der Waals surface area contributed by atoms with Crippen molar-refractivity contribution in [3.63, 3.8) is 0 Å². The van der Waals surface area contributed by atoms with Crippen LogP contribution in [0.3, 0.4) is 0 Å². The molecule has 0 bridgehead atoms. The highest BCUT2D eigenvalue weighted by molar-refractivity contribution is 5.36. The van der Waals surface area contributed by atoms with E-state index in [0.29, 0.717) is 5.75 Å². The van der Waals surface area contributed by atoms with Crippen LogP contribution in [-0.4, -0.2) is 12.6 Å². The topological polar surface area (TPSA) is 21.3 Å². The molecule has 1 atom stereocenters. The highest BCUT2D eigenvalue weighted by Gasteiger charge is 2.18. The van der Waals surface area contributed by atoms with Gasteiger partial charge < -0.3 is 10.1 Å². The van der Waals surface area contributed by atoms with E-state index in [1.807, 2.05) is 6.07 Å². The van der Waals surface area contributed by atoms with Gasteiger partial charge in [0.15, 0.2) is 0 Å². The Bertz CT molecular complexity index is 413. The summed E-state index contributed by atoms with van der Waals surface area (Å²) in [6.07, 6.45) is 7.45. The van der Waals surface area contributed by atoms with E-state index in [0.717, 1.165) is 24.9 Å². The maximum Gasteiger partial charge on any atom is 0.127 e. The number of hydrogen-bond donors (Lipinski definition) is 1. The van der Waals surface area contributed by atoms with Gasteiger partial charge in [-0.2, -0.15) is 0 Å². The molecule has 1 unspecified atom stereocenters. The molecule has 1 aliphatic rings. The second kappa shape index (κ2) is 7.63. The Morgan fingerprint density at radius 3 is 2.60 bits per heavy atom. The minimum absolute atomic E-state index is 0.182. The van der Waals surface area contributed by atoms with Crippen LogP contribution in [0.4, 0.5) is 4.39 Å². The first-order valence-corrected chi connectivity index (χ1v) is 7.90. The lowest BCUT2D eigenvalue weighted by molar-refractivity contribution is 0.180. The molecule has 0 spiro atoms. The summed E-state index contributed by atoms with van der Waals surface area (Å²) in [5.74, 6) is 0.492. The molecular weight excluding hydrogens is 253 g/mol. The Hall–Kier alpha value is -1.09. The first-order chi connectivity index (χ1) is 9.70. The third-order valence-corrected chi connectivity index (χ3v) is 4.05. The van der Waals surface area contributed by atoms with Crippen LogP contribution < -0.4 is 10.1 Å². The molecule has 112 valence electrons. The zero-order valence-electron chi connectivity index (χ0n) is 12.6. The summed E-state index contributed by atoms with van der Waals surface area (Å²) in [6, 6.07) is 5.08. The van der Waals surface area contributed by atoms with Gasteiger partial charge >= 0.3 is 0 Å². The molecule has 0 aromatic heterocycles. The summed E-state index contributed by atoms with van der Waals surface area (Å²) in [7, 11) is 0. The molecule has 20 heavy (non-hydrogen) atoms. The van der Waals surface area contributed by atoms with Crippen LogP contribution in [0.2, 0.25) is 0 Å². The van der Waals surface area contributed by atoms with Crippen molar-refractivity contribution in [3.05, 3.63) is 29.6 Å². The lowest BCUT2D eigenvalue weighted by Gasteiger charge is -2.22. The van der Waals surface area contributed by atoms with Gasteiger partial charge in [0, 0.05) is 17.7 Å². The molecule has 1 saturated carbocycles. The summed E-state index contributed by atoms with van der Waals surface area (Å²) in [5, 5.41) is 3.37. The highest BCUT2D eigenvalue weighted by Crippen LogP contribution is 2.30. The van der Waals surface area contributed by atoms with Crippen LogP contribution in [0, 0.1) is 5.82 Å². The smallest absolute Gasteiger partial charge is 0.127 e. The molecule has 0 aliphatic heterocycles. The zero-order chi connectivity index (χ0) is 14.4. The van der Waals surface area contributed by atoms with Gasteiger partial charge in [-0.1, -0.05) is 25.8 Å². The predicted molar refractivity (Wildman–Crippen MR) is 80.6 cm³/mol. The minimum atomic E-state index is -0.221. The molecule has 0 heterocycles. The van der Waals surface area contributed by atoms with Gasteiger partial charge in [0.25, 0.3) is 0 Å². The summed E-state index contributed by atoms with van der Waals surface area (Å²) < 4.78 is 19.7. The Kier molecular flexibility index (Phi) is 5.84. The lowest BCUT2D eigenvalue weighted by atomic mass is 10.1. The Labute approximate surface area is 121 Å². The first kappa shape index (κ1) is 15.3. The molecule has 2 nitrogen and oxygen atoms in total. The molecule has 2 rings (SSSR count). The molecule has 1 fully saturated rings. The molecule has 1 aromatic rings. The van der Waals surface area contributed by atoms with Crippen molar-refractivity contribution in [2.24, 2.45) is 0 Å². The van der Waals surface area contributed by atoms with E-state index >= 15 is 0 Å². The fourth-order valence-electron chi connectivity index (χ4n) is 2.92. The normalized spacial score (nSPS) is 18.6. The second-order valence-corrected chi connectivity index (χ2v) is 5.69. The molecule has 0 amide bonds. The molecule has 1 N–H and O–H groups in total. The third kappa shape index (κ3) is 4.20. The van der Waals surface area contributed by atoms with Crippen molar-refractivity contribution in [2.45, 2.75) is 64.5 Å². The van der Waals surface area contributed by atoms with Crippen LogP contribution in [0.15, 0.2) is 18.2 Å². The average Bonchev–Trinajstić information content (AvgIpc) is 2.68. The number of rotatable bonds is 5. The number of nitrogens with one attached hydrogen (secondary N) is 1. The summed E-state index contributed by atoms with van der Waals surface area (Å²) >= 11 is 0. The minimum Gasteiger partial charge on any atom is -0.490 e. The standard InChI is InChI=1S/C17H26FNO/c1-3-19-13(2)16-11-10-14(18)12-17(16)20-15-8-6-4-5-7-9-15/h10-13,15,19H,3-9H2,1-2H3. The monoisotopic (exact) mass is 279 g/mol. The van der Waals surface area contributed by atoms with Gasteiger partial charge in [-0.3, -0.25) is 0 Å². The number of halogens is 1. The molecule has 1 aliphatic carbocycles. The van der Waals surface area contributed by atoms with Crippen molar-refractivity contribution >= 4 is 0 Å². The third-order valence-electron chi connectivity index (χ3n) is 4.05. The van der Waals surface area contributed by atoms with Crippen LogP contribution in [0.5, 0.6) is 5.75 Å². The van der Waals surface area contributed by atoms with Crippen LogP contribution in [0.25, 0.3) is 0 Å². The van der Waals surface area contributed by atoms with E-state index in [1.54, 1.807) is 0 Å². The number of hydrogen-bond acceptors (Lipinski definition) is 2. The fourth-order valence-corrected chi connectivity index (χ4v) is 2.92. The van der Waals surface area contributed by atoms with Crippen molar-refractivity contribution in [3.8, 4) is 5.75 Å². The zero-order valence-corrected chi connectivity index (χ0v) is 12.6. The van der Waals surface area contributed by atoms with E-state index in [4.69, 9.17) is 4.74 Å². The van der Waals surface area contributed by atoms with Gasteiger partial charge in [0.2, 0.25) is 0 Å². The van der Waals surface area contributed by atoms with Crippen molar-refractivity contribution in [2.75, 3.05) is 6.54 Å². The van der Waals surface area contributed by atoms with Crippen molar-refractivity contribution in [1.29, 1.82) is 0 Å². The SMILES string of the molecule is CCNC(C)c1ccc(F)cc1OC1CCCCCC1. The van der Waals surface area contributed by atoms with Gasteiger partial charge in [0.05, 0.1) is 6.10 Å². The van der Waals surface area contributed by atoms with Gasteiger partial charge in [-0.05, 0) is 45.2 Å². The van der Waals surface area contributed by atoms with Crippen LogP contribution in [0.1, 0.15) is 64.0 Å². The van der Waals surface area contributed by atoms with Crippen LogP contribution in [-0.2, 0) is 0 Å². The van der Waals surface area contributed by atoms with Crippen LogP contribution >= 0.6 is 0 Å². The molecule has 0 radical (unpaired) electrons. The molecule has 0 saturated heterocycles. The quantitative estimate of drug-likeness (QED) is 0.795. The maximum absolute atomic E-state index is 13.5. The van der Waals surface area contributed by atoms with E-state index in [1.165, 1.54) is 37.8 Å². The average molecular weight is 279 g/mol. The van der Waals surface area contributed by atoms with Gasteiger partial charge in [-0.25, -0.2) is 4.39 Å². The maximum atomic E-state index is 13.5. The van der Waals surface area contributed by atoms with Crippen molar-refractivity contribution in [1.82, 2.24) is 5.32 Å². The predicted octanol–water partition coefficient (Wildman–Crippen LogP) is 4.60. The van der Waals surface area contributed by atoms with Gasteiger partial charge in [0.1, 0.15) is 11.6 Å². The number of benzene rings is 1. The van der Waals surface area contributed by atoms with E-state index in [9.17, 15) is 4.39 Å². The van der Waals surface area contributed by atoms with Crippen molar-refractivity contribution < 1.29 is 9.13 Å². The fraction of sp³-hybridized carbons (Fsp3) is 0.647. The summed E-state index contributed by atoms with van der Waals surface area (Å²) in [4.78, 5) is 0. The Balaban J connectivity index is 2.13. The molecule has 1 aromatic carbocycles. The largest absolute Gasteiger partial charge is 0.490 e. The highest BCUT2D eigenvalue weighted by atomic mass is 19.1. The second-order valence-electron chi connectivity index (χ2n) is 5.69. The lowest BCUT2D eigenvalue weighted by Crippen LogP contribution is -2.21. The Morgan fingerprint density at radius 1 is 1.25 bits per heavy atom. The molecule has 3 heteroatoms. The summed E-state index contributed by atoms with van der Waals surface area (Å²) in [6.45, 7) is 5.06. The van der Waals surface area contributed by atoms with E-state index < -0.39 is 0 Å². The first-order valence-electron chi connectivity index (χ1n) is 7.90. The summed E-state index contributed by atoms with van der Waals surface area (Å²) in [5.41, 5.74) is 1.05. The number of ether oxygens (including phenoxy) is 1. The van der Waals surface area contributed by atoms with E-state index in [-0.39, 0.29) is 18.0 Å². The Morgan fingerprint density at radius 2 is 1.95 bits per heavy atom. The molecular formula is C17H26FNO.